The van der Waals surface area contributed by atoms with Crippen LogP contribution in [-0.4, -0.2) is 26.6 Å². The molecule has 0 spiro atoms. The Balaban J connectivity index is 1.73. The maximum atomic E-state index is 12.8. The summed E-state index contributed by atoms with van der Waals surface area (Å²) < 4.78 is 5.05. The first kappa shape index (κ1) is 25.3. The first-order valence-corrected chi connectivity index (χ1v) is 12.1. The number of Topliss-reactive ketones (excluding diaryl/α,β-unsaturated/α-hetero) is 1. The van der Waals surface area contributed by atoms with E-state index in [1.807, 2.05) is 13.8 Å². The molecule has 0 fully saturated rings. The zero-order valence-electron chi connectivity index (χ0n) is 18.8. The minimum atomic E-state index is -0.948. The number of thioether (sulfide) groups is 1. The van der Waals surface area contributed by atoms with E-state index in [0.29, 0.717) is 33.5 Å². The molecular formula is C25H25Cl2NO4S. The Labute approximate surface area is 207 Å². The summed E-state index contributed by atoms with van der Waals surface area (Å²) in [7, 11) is 0. The highest BCUT2D eigenvalue weighted by Crippen LogP contribution is 2.34. The third-order valence-electron chi connectivity index (χ3n) is 5.07. The average molecular weight is 506 g/mol. The van der Waals surface area contributed by atoms with E-state index in [4.69, 9.17) is 27.6 Å². The summed E-state index contributed by atoms with van der Waals surface area (Å²) >= 11 is 13.5. The Morgan fingerprint density at radius 2 is 1.79 bits per heavy atom. The van der Waals surface area contributed by atoms with Crippen LogP contribution >= 0.6 is 35.0 Å². The summed E-state index contributed by atoms with van der Waals surface area (Å²) in [6, 6.07) is 12.1. The van der Waals surface area contributed by atoms with Gasteiger partial charge in [0.15, 0.2) is 5.78 Å². The Morgan fingerprint density at radius 3 is 2.36 bits per heavy atom. The molecule has 3 rings (SSSR count). The smallest absolute Gasteiger partial charge is 0.319 e. The summed E-state index contributed by atoms with van der Waals surface area (Å²) in [6.07, 6.45) is 0.705. The lowest BCUT2D eigenvalue weighted by molar-refractivity contribution is -0.138. The lowest BCUT2D eigenvalue weighted by Gasteiger charge is -2.18. The highest BCUT2D eigenvalue weighted by molar-refractivity contribution is 8.01. The number of halogens is 2. The van der Waals surface area contributed by atoms with Gasteiger partial charge in [-0.25, -0.2) is 4.98 Å². The van der Waals surface area contributed by atoms with Crippen molar-refractivity contribution in [2.24, 2.45) is 0 Å². The summed E-state index contributed by atoms with van der Waals surface area (Å²) in [5.74, 6) is 0.321. The number of benzene rings is 2. The van der Waals surface area contributed by atoms with Crippen molar-refractivity contribution in [3.8, 4) is 11.5 Å². The summed E-state index contributed by atoms with van der Waals surface area (Å²) in [5.41, 5.74) is 1.95. The van der Waals surface area contributed by atoms with Gasteiger partial charge in [0.2, 0.25) is 5.89 Å². The fourth-order valence-corrected chi connectivity index (χ4v) is 4.63. The van der Waals surface area contributed by atoms with Gasteiger partial charge in [-0.15, -0.1) is 11.8 Å². The molecule has 0 aliphatic rings. The van der Waals surface area contributed by atoms with Crippen molar-refractivity contribution in [1.82, 2.24) is 4.98 Å². The molecule has 33 heavy (non-hydrogen) atoms. The number of carboxylic acids is 1. The predicted molar refractivity (Wildman–Crippen MR) is 133 cm³/mol. The topological polar surface area (TPSA) is 80.4 Å². The number of aliphatic carboxylic acids is 1. The van der Waals surface area contributed by atoms with Crippen LogP contribution in [-0.2, 0) is 11.2 Å². The second kappa shape index (κ2) is 10.3. The second-order valence-corrected chi connectivity index (χ2v) is 11.0. The van der Waals surface area contributed by atoms with Crippen LogP contribution in [0.2, 0.25) is 10.0 Å². The average Bonchev–Trinajstić information content (AvgIpc) is 3.16. The predicted octanol–water partition coefficient (Wildman–Crippen LogP) is 7.54. The van der Waals surface area contributed by atoms with Crippen molar-refractivity contribution >= 4 is 46.7 Å². The number of carbonyl (C=O) groups is 2. The molecule has 0 saturated heterocycles. The molecule has 174 valence electrons. The molecule has 0 atom stereocenters. The van der Waals surface area contributed by atoms with E-state index in [0.717, 1.165) is 16.3 Å². The standard InChI is InChI=1S/C25H25Cl2NO4S/c1-14(2)22-20(28-23(32-22)18-10-7-16(26)13-19(18)27)11-12-21(29)15-5-8-17(9-6-15)33-25(3,4)24(30)31/h5-10,13-14H,11-12H2,1-4H3,(H,30,31). The van der Waals surface area contributed by atoms with Crippen molar-refractivity contribution in [2.75, 3.05) is 0 Å². The van der Waals surface area contributed by atoms with Crippen LogP contribution in [0.1, 0.15) is 61.8 Å². The summed E-state index contributed by atoms with van der Waals surface area (Å²) in [6.45, 7) is 7.31. The zero-order chi connectivity index (χ0) is 24.3. The second-order valence-electron chi connectivity index (χ2n) is 8.47. The number of oxazole rings is 1. The third-order valence-corrected chi connectivity index (χ3v) is 6.81. The number of ketones is 1. The van der Waals surface area contributed by atoms with E-state index >= 15 is 0 Å². The first-order valence-electron chi connectivity index (χ1n) is 10.5. The molecule has 0 aliphatic heterocycles. The van der Waals surface area contributed by atoms with Gasteiger partial charge in [-0.3, -0.25) is 9.59 Å². The molecule has 0 aliphatic carbocycles. The molecule has 0 saturated carbocycles. The number of carbonyl (C=O) groups excluding carboxylic acids is 1. The zero-order valence-corrected chi connectivity index (χ0v) is 21.1. The Morgan fingerprint density at radius 1 is 1.12 bits per heavy atom. The van der Waals surface area contributed by atoms with Gasteiger partial charge in [0.25, 0.3) is 0 Å². The molecule has 0 amide bonds. The molecular weight excluding hydrogens is 481 g/mol. The highest BCUT2D eigenvalue weighted by Gasteiger charge is 2.28. The first-order chi connectivity index (χ1) is 15.5. The van der Waals surface area contributed by atoms with Gasteiger partial charge in [0.05, 0.1) is 16.3 Å². The number of aryl methyl sites for hydroxylation is 1. The van der Waals surface area contributed by atoms with Gasteiger partial charge in [0.1, 0.15) is 10.5 Å². The van der Waals surface area contributed by atoms with E-state index in [9.17, 15) is 14.7 Å². The lowest BCUT2D eigenvalue weighted by atomic mass is 10.0. The molecule has 8 heteroatoms. The van der Waals surface area contributed by atoms with Crippen molar-refractivity contribution in [1.29, 1.82) is 0 Å². The van der Waals surface area contributed by atoms with Gasteiger partial charge in [-0.1, -0.05) is 49.2 Å². The van der Waals surface area contributed by atoms with E-state index in [-0.39, 0.29) is 18.1 Å². The maximum absolute atomic E-state index is 12.8. The number of rotatable bonds is 9. The number of carboxylic acid groups (broad SMARTS) is 1. The van der Waals surface area contributed by atoms with Crippen molar-refractivity contribution in [3.63, 3.8) is 0 Å². The molecule has 5 nitrogen and oxygen atoms in total. The highest BCUT2D eigenvalue weighted by atomic mass is 35.5. The van der Waals surface area contributed by atoms with Gasteiger partial charge in [-0.05, 0) is 44.2 Å². The van der Waals surface area contributed by atoms with Gasteiger partial charge in [-0.2, -0.15) is 0 Å². The van der Waals surface area contributed by atoms with E-state index in [2.05, 4.69) is 4.98 Å². The number of aromatic nitrogens is 1. The van der Waals surface area contributed by atoms with Crippen LogP contribution in [0.25, 0.3) is 11.5 Å². The molecule has 0 unspecified atom stereocenters. The number of hydrogen-bond acceptors (Lipinski definition) is 5. The van der Waals surface area contributed by atoms with Crippen LogP contribution in [0.3, 0.4) is 0 Å². The number of nitrogens with zero attached hydrogens (tertiary/aromatic N) is 1. The third kappa shape index (κ3) is 6.19. The van der Waals surface area contributed by atoms with E-state index in [1.165, 1.54) is 11.8 Å². The summed E-state index contributed by atoms with van der Waals surface area (Å²) in [5, 5.41) is 10.3. The van der Waals surface area contributed by atoms with Gasteiger partial charge >= 0.3 is 5.97 Å². The Kier molecular flexibility index (Phi) is 7.93. The fraction of sp³-hybridized carbons (Fsp3) is 0.320. The normalized spacial score (nSPS) is 11.7. The minimum Gasteiger partial charge on any atom is -0.480 e. The largest absolute Gasteiger partial charge is 0.480 e. The van der Waals surface area contributed by atoms with Crippen molar-refractivity contribution in [3.05, 3.63) is 69.5 Å². The molecule has 0 radical (unpaired) electrons. The minimum absolute atomic E-state index is 0.0205. The molecule has 0 bridgehead atoms. The molecule has 2 aromatic carbocycles. The lowest BCUT2D eigenvalue weighted by Crippen LogP contribution is -2.26. The van der Waals surface area contributed by atoms with Crippen LogP contribution < -0.4 is 0 Å². The Bertz CT molecular complexity index is 1170. The van der Waals surface area contributed by atoms with E-state index < -0.39 is 10.7 Å². The van der Waals surface area contributed by atoms with Crippen LogP contribution in [0.4, 0.5) is 0 Å². The molecule has 3 aromatic rings. The maximum Gasteiger partial charge on any atom is 0.319 e. The van der Waals surface area contributed by atoms with Crippen molar-refractivity contribution in [2.45, 2.75) is 56.1 Å². The quantitative estimate of drug-likeness (QED) is 0.239. The van der Waals surface area contributed by atoms with Crippen LogP contribution in [0.5, 0.6) is 0 Å². The van der Waals surface area contributed by atoms with Gasteiger partial charge in [0, 0.05) is 34.2 Å². The van der Waals surface area contributed by atoms with E-state index in [1.54, 1.807) is 56.3 Å². The fourth-order valence-electron chi connectivity index (χ4n) is 3.20. The van der Waals surface area contributed by atoms with Gasteiger partial charge < -0.3 is 9.52 Å². The molecule has 1 aromatic heterocycles. The monoisotopic (exact) mass is 505 g/mol. The molecule has 1 N–H and O–H groups in total. The Hall–Kier alpha value is -2.28. The van der Waals surface area contributed by atoms with Crippen LogP contribution in [0.15, 0.2) is 51.8 Å². The van der Waals surface area contributed by atoms with Crippen LogP contribution in [0, 0.1) is 0 Å². The van der Waals surface area contributed by atoms with Crippen molar-refractivity contribution < 1.29 is 19.1 Å². The molecule has 1 heterocycles. The summed E-state index contributed by atoms with van der Waals surface area (Å²) in [4.78, 5) is 29.5. The SMILES string of the molecule is CC(C)c1oc(-c2ccc(Cl)cc2Cl)nc1CCC(=O)c1ccc(SC(C)(C)C(=O)O)cc1. The number of hydrogen-bond donors (Lipinski definition) is 1.